The zero-order chi connectivity index (χ0) is 14.8. The normalized spacial score (nSPS) is 10.7. The Hall–Kier alpha value is -2.75. The van der Waals surface area contributed by atoms with Gasteiger partial charge in [0.05, 0.1) is 16.8 Å². The third-order valence-corrected chi connectivity index (χ3v) is 3.36. The van der Waals surface area contributed by atoms with Gasteiger partial charge in [-0.05, 0) is 31.2 Å². The second-order valence-electron chi connectivity index (χ2n) is 4.97. The highest BCUT2D eigenvalue weighted by molar-refractivity contribution is 6.02. The van der Waals surface area contributed by atoms with E-state index in [1.165, 1.54) is 5.56 Å². The zero-order valence-corrected chi connectivity index (χ0v) is 11.6. The van der Waals surface area contributed by atoms with Crippen LogP contribution in [-0.4, -0.2) is 16.1 Å². The molecule has 0 aliphatic carbocycles. The SMILES string of the molecule is Cc1ccc(OCc2cc3cccc(C(=O)O)c3[nH]2)cc1. The van der Waals surface area contributed by atoms with Gasteiger partial charge in [0.25, 0.3) is 0 Å². The lowest BCUT2D eigenvalue weighted by molar-refractivity contribution is 0.0699. The number of aromatic amines is 1. The summed E-state index contributed by atoms with van der Waals surface area (Å²) >= 11 is 0. The number of nitrogens with one attached hydrogen (secondary N) is 1. The van der Waals surface area contributed by atoms with Crippen LogP contribution in [0.3, 0.4) is 0 Å². The van der Waals surface area contributed by atoms with E-state index in [1.54, 1.807) is 12.1 Å². The van der Waals surface area contributed by atoms with Crippen LogP contribution in [-0.2, 0) is 6.61 Å². The second-order valence-corrected chi connectivity index (χ2v) is 4.97. The fraction of sp³-hybridized carbons (Fsp3) is 0.118. The number of fused-ring (bicyclic) bond motifs is 1. The number of aromatic nitrogens is 1. The molecular formula is C17H15NO3. The molecule has 0 aliphatic rings. The van der Waals surface area contributed by atoms with Gasteiger partial charge in [-0.3, -0.25) is 0 Å². The van der Waals surface area contributed by atoms with Crippen LogP contribution in [0.25, 0.3) is 10.9 Å². The Bertz CT molecular complexity index is 787. The fourth-order valence-electron chi connectivity index (χ4n) is 2.27. The van der Waals surface area contributed by atoms with Crippen molar-refractivity contribution in [3.8, 4) is 5.75 Å². The van der Waals surface area contributed by atoms with E-state index in [0.717, 1.165) is 16.8 Å². The van der Waals surface area contributed by atoms with Crippen LogP contribution in [0, 0.1) is 6.92 Å². The molecule has 0 aliphatic heterocycles. The first-order valence-electron chi connectivity index (χ1n) is 6.67. The highest BCUT2D eigenvalue weighted by atomic mass is 16.5. The van der Waals surface area contributed by atoms with Crippen molar-refractivity contribution in [2.24, 2.45) is 0 Å². The van der Waals surface area contributed by atoms with Crippen LogP contribution in [0.2, 0.25) is 0 Å². The van der Waals surface area contributed by atoms with E-state index in [0.29, 0.717) is 12.1 Å². The first-order chi connectivity index (χ1) is 10.1. The minimum Gasteiger partial charge on any atom is -0.487 e. The van der Waals surface area contributed by atoms with Crippen LogP contribution in [0.5, 0.6) is 5.75 Å². The van der Waals surface area contributed by atoms with Gasteiger partial charge in [-0.25, -0.2) is 4.79 Å². The molecule has 2 N–H and O–H groups in total. The smallest absolute Gasteiger partial charge is 0.337 e. The van der Waals surface area contributed by atoms with Gasteiger partial charge in [-0.2, -0.15) is 0 Å². The fourth-order valence-corrected chi connectivity index (χ4v) is 2.27. The first kappa shape index (κ1) is 13.2. The zero-order valence-electron chi connectivity index (χ0n) is 11.6. The van der Waals surface area contributed by atoms with Crippen molar-refractivity contribution in [3.05, 3.63) is 65.4 Å². The van der Waals surface area contributed by atoms with E-state index < -0.39 is 5.97 Å². The maximum absolute atomic E-state index is 11.2. The number of benzene rings is 2. The first-order valence-corrected chi connectivity index (χ1v) is 6.67. The number of ether oxygens (including phenoxy) is 1. The lowest BCUT2D eigenvalue weighted by atomic mass is 10.1. The summed E-state index contributed by atoms with van der Waals surface area (Å²) in [6, 6.07) is 14.9. The highest BCUT2D eigenvalue weighted by Gasteiger charge is 2.10. The summed E-state index contributed by atoms with van der Waals surface area (Å²) in [5.74, 6) is -0.147. The molecule has 0 amide bonds. The third-order valence-electron chi connectivity index (χ3n) is 3.36. The highest BCUT2D eigenvalue weighted by Crippen LogP contribution is 2.21. The molecule has 0 saturated heterocycles. The number of carbonyl (C=O) groups is 1. The predicted molar refractivity (Wildman–Crippen MR) is 80.8 cm³/mol. The average molecular weight is 281 g/mol. The minimum absolute atomic E-state index is 0.272. The number of rotatable bonds is 4. The summed E-state index contributed by atoms with van der Waals surface area (Å²) in [6.07, 6.45) is 0. The molecule has 0 unspecified atom stereocenters. The van der Waals surface area contributed by atoms with Crippen molar-refractivity contribution in [1.82, 2.24) is 4.98 Å². The molecule has 0 saturated carbocycles. The van der Waals surface area contributed by atoms with Gasteiger partial charge < -0.3 is 14.8 Å². The van der Waals surface area contributed by atoms with Crippen LogP contribution in [0.15, 0.2) is 48.5 Å². The molecule has 0 fully saturated rings. The molecule has 4 heteroatoms. The maximum atomic E-state index is 11.2. The van der Waals surface area contributed by atoms with Gasteiger partial charge in [-0.1, -0.05) is 29.8 Å². The van der Waals surface area contributed by atoms with Gasteiger partial charge in [-0.15, -0.1) is 0 Å². The van der Waals surface area contributed by atoms with Crippen molar-refractivity contribution >= 4 is 16.9 Å². The van der Waals surface area contributed by atoms with E-state index >= 15 is 0 Å². The van der Waals surface area contributed by atoms with E-state index in [9.17, 15) is 9.90 Å². The molecule has 0 spiro atoms. The number of aromatic carboxylic acids is 1. The van der Waals surface area contributed by atoms with Gasteiger partial charge in [0.15, 0.2) is 0 Å². The van der Waals surface area contributed by atoms with E-state index in [1.807, 2.05) is 43.3 Å². The number of aryl methyl sites for hydroxylation is 1. The molecule has 21 heavy (non-hydrogen) atoms. The molecule has 106 valence electrons. The monoisotopic (exact) mass is 281 g/mol. The largest absolute Gasteiger partial charge is 0.487 e. The quantitative estimate of drug-likeness (QED) is 0.765. The molecule has 0 bridgehead atoms. The lowest BCUT2D eigenvalue weighted by Crippen LogP contribution is -1.98. The predicted octanol–water partition coefficient (Wildman–Crippen LogP) is 3.75. The molecule has 3 rings (SSSR count). The Morgan fingerprint density at radius 3 is 2.67 bits per heavy atom. The van der Waals surface area contributed by atoms with Crippen molar-refractivity contribution < 1.29 is 14.6 Å². The maximum Gasteiger partial charge on any atom is 0.337 e. The van der Waals surface area contributed by atoms with Gasteiger partial charge in [0, 0.05) is 5.39 Å². The number of H-pyrrole nitrogens is 1. The molecule has 1 aromatic heterocycles. The van der Waals surface area contributed by atoms with Crippen molar-refractivity contribution in [3.63, 3.8) is 0 Å². The Labute approximate surface area is 122 Å². The summed E-state index contributed by atoms with van der Waals surface area (Å²) < 4.78 is 5.70. The summed E-state index contributed by atoms with van der Waals surface area (Å²) in [7, 11) is 0. The van der Waals surface area contributed by atoms with Gasteiger partial charge in [0.1, 0.15) is 12.4 Å². The standard InChI is InChI=1S/C17H15NO3/c1-11-5-7-14(8-6-11)21-10-13-9-12-3-2-4-15(17(19)20)16(12)18-13/h2-9,18H,10H2,1H3,(H,19,20). The van der Waals surface area contributed by atoms with Crippen molar-refractivity contribution in [2.75, 3.05) is 0 Å². The van der Waals surface area contributed by atoms with Crippen molar-refractivity contribution in [2.45, 2.75) is 13.5 Å². The molecular weight excluding hydrogens is 266 g/mol. The summed E-state index contributed by atoms with van der Waals surface area (Å²) in [5, 5.41) is 10.0. The summed E-state index contributed by atoms with van der Waals surface area (Å²) in [6.45, 7) is 2.39. The third kappa shape index (κ3) is 2.74. The van der Waals surface area contributed by atoms with Crippen molar-refractivity contribution in [1.29, 1.82) is 0 Å². The topological polar surface area (TPSA) is 62.3 Å². The van der Waals surface area contributed by atoms with Gasteiger partial charge in [0.2, 0.25) is 0 Å². The minimum atomic E-state index is -0.937. The second kappa shape index (κ2) is 5.32. The Kier molecular flexibility index (Phi) is 3.36. The van der Waals surface area contributed by atoms with E-state index in [-0.39, 0.29) is 5.56 Å². The Balaban J connectivity index is 1.83. The molecule has 1 heterocycles. The van der Waals surface area contributed by atoms with Crippen LogP contribution >= 0.6 is 0 Å². The van der Waals surface area contributed by atoms with E-state index in [2.05, 4.69) is 4.98 Å². The molecule has 2 aromatic carbocycles. The molecule has 3 aromatic rings. The van der Waals surface area contributed by atoms with E-state index in [4.69, 9.17) is 4.74 Å². The Morgan fingerprint density at radius 1 is 1.19 bits per heavy atom. The molecule has 0 radical (unpaired) electrons. The number of carboxylic acids is 1. The number of hydrogen-bond acceptors (Lipinski definition) is 2. The molecule has 0 atom stereocenters. The number of hydrogen-bond donors (Lipinski definition) is 2. The summed E-state index contributed by atoms with van der Waals surface area (Å²) in [4.78, 5) is 14.3. The van der Waals surface area contributed by atoms with Crippen LogP contribution in [0.4, 0.5) is 0 Å². The van der Waals surface area contributed by atoms with Crippen LogP contribution < -0.4 is 4.74 Å². The number of carboxylic acid groups (broad SMARTS) is 1. The number of para-hydroxylation sites is 1. The lowest BCUT2D eigenvalue weighted by Gasteiger charge is -2.04. The van der Waals surface area contributed by atoms with Gasteiger partial charge >= 0.3 is 5.97 Å². The molecule has 4 nitrogen and oxygen atoms in total. The van der Waals surface area contributed by atoms with Crippen LogP contribution in [0.1, 0.15) is 21.6 Å². The Morgan fingerprint density at radius 2 is 1.95 bits per heavy atom. The average Bonchev–Trinajstić information content (AvgIpc) is 2.89. The summed E-state index contributed by atoms with van der Waals surface area (Å²) in [5.41, 5.74) is 2.93.